The molecule has 1 aromatic carbocycles. The van der Waals surface area contributed by atoms with Crippen LogP contribution in [-0.4, -0.2) is 49.0 Å². The summed E-state index contributed by atoms with van der Waals surface area (Å²) in [6, 6.07) is 9.80. The second kappa shape index (κ2) is 9.78. The molecule has 1 saturated carbocycles. The molecule has 5 heteroatoms. The summed E-state index contributed by atoms with van der Waals surface area (Å²) >= 11 is 0. The van der Waals surface area contributed by atoms with E-state index >= 15 is 0 Å². The molecular weight excluding hydrogens is 318 g/mol. The maximum Gasteiger partial charge on any atom is 0.410 e. The van der Waals surface area contributed by atoms with Gasteiger partial charge in [0.1, 0.15) is 6.61 Å². The Bertz CT molecular complexity index is 520. The highest BCUT2D eigenvalue weighted by Crippen LogP contribution is 2.30. The number of ether oxygens (including phenoxy) is 3. The first kappa shape index (κ1) is 19.7. The number of hydrogen-bond acceptors (Lipinski definition) is 4. The zero-order chi connectivity index (χ0) is 18.2. The molecule has 0 heterocycles. The highest BCUT2D eigenvalue weighted by molar-refractivity contribution is 5.67. The van der Waals surface area contributed by atoms with Gasteiger partial charge in [-0.2, -0.15) is 0 Å². The zero-order valence-electron chi connectivity index (χ0n) is 15.8. The monoisotopic (exact) mass is 349 g/mol. The Morgan fingerprint density at radius 1 is 1.20 bits per heavy atom. The van der Waals surface area contributed by atoms with Crippen molar-refractivity contribution in [2.24, 2.45) is 0 Å². The Morgan fingerprint density at radius 3 is 2.52 bits per heavy atom. The summed E-state index contributed by atoms with van der Waals surface area (Å²) in [4.78, 5) is 14.1. The van der Waals surface area contributed by atoms with Gasteiger partial charge in [0.2, 0.25) is 0 Å². The van der Waals surface area contributed by atoms with Crippen LogP contribution in [0.15, 0.2) is 30.3 Å². The number of carbonyl (C=O) groups excluding carboxylic acids is 1. The third-order valence-corrected chi connectivity index (χ3v) is 4.45. The fourth-order valence-electron chi connectivity index (χ4n) is 3.16. The lowest BCUT2D eigenvalue weighted by Crippen LogP contribution is -2.36. The molecule has 2 rings (SSSR count). The predicted octanol–water partition coefficient (Wildman–Crippen LogP) is 4.01. The van der Waals surface area contributed by atoms with Gasteiger partial charge in [-0.05, 0) is 38.7 Å². The van der Waals surface area contributed by atoms with Crippen molar-refractivity contribution in [3.8, 4) is 0 Å². The van der Waals surface area contributed by atoms with E-state index in [1.165, 1.54) is 0 Å². The number of carbonyl (C=O) groups is 1. The average molecular weight is 349 g/mol. The minimum atomic E-state index is -0.298. The van der Waals surface area contributed by atoms with Gasteiger partial charge < -0.3 is 19.1 Å². The van der Waals surface area contributed by atoms with Gasteiger partial charge in [0.25, 0.3) is 0 Å². The second-order valence-electron chi connectivity index (χ2n) is 6.91. The SMILES string of the molecule is CCCOC1CC(N(C)C(=O)OCc2ccccc2)CC1OC(C)C. The molecular formula is C20H31NO4. The Labute approximate surface area is 151 Å². The Morgan fingerprint density at radius 2 is 1.88 bits per heavy atom. The van der Waals surface area contributed by atoms with Crippen LogP contribution in [0.4, 0.5) is 4.79 Å². The normalized spacial score (nSPS) is 23.0. The van der Waals surface area contributed by atoms with Crippen LogP contribution in [0.1, 0.15) is 45.6 Å². The summed E-state index contributed by atoms with van der Waals surface area (Å²) in [5.74, 6) is 0. The average Bonchev–Trinajstić information content (AvgIpc) is 3.00. The summed E-state index contributed by atoms with van der Waals surface area (Å²) < 4.78 is 17.4. The molecule has 25 heavy (non-hydrogen) atoms. The van der Waals surface area contributed by atoms with Crippen LogP contribution in [0.5, 0.6) is 0 Å². The van der Waals surface area contributed by atoms with Crippen LogP contribution >= 0.6 is 0 Å². The minimum absolute atomic E-state index is 0.0286. The van der Waals surface area contributed by atoms with E-state index in [9.17, 15) is 4.79 Å². The topological polar surface area (TPSA) is 48.0 Å². The molecule has 0 spiro atoms. The standard InChI is InChI=1S/C20H31NO4/c1-5-11-23-18-12-17(13-19(18)25-15(2)3)21(4)20(22)24-14-16-9-7-6-8-10-16/h6-10,15,17-19H,5,11-14H2,1-4H3. The first-order valence-corrected chi connectivity index (χ1v) is 9.21. The zero-order valence-corrected chi connectivity index (χ0v) is 15.8. The van der Waals surface area contributed by atoms with Gasteiger partial charge >= 0.3 is 6.09 Å². The largest absolute Gasteiger partial charge is 0.445 e. The number of amides is 1. The quantitative estimate of drug-likeness (QED) is 0.711. The summed E-state index contributed by atoms with van der Waals surface area (Å²) in [6.45, 7) is 7.16. The molecule has 140 valence electrons. The van der Waals surface area contributed by atoms with E-state index in [0.717, 1.165) is 31.4 Å². The van der Waals surface area contributed by atoms with E-state index in [1.807, 2.05) is 44.2 Å². The molecule has 1 amide bonds. The van der Waals surface area contributed by atoms with Crippen LogP contribution in [-0.2, 0) is 20.8 Å². The van der Waals surface area contributed by atoms with Gasteiger partial charge in [-0.1, -0.05) is 37.3 Å². The molecule has 5 nitrogen and oxygen atoms in total. The van der Waals surface area contributed by atoms with Crippen molar-refractivity contribution < 1.29 is 19.0 Å². The lowest BCUT2D eigenvalue weighted by molar-refractivity contribution is -0.0771. The number of rotatable bonds is 8. The molecule has 1 aliphatic rings. The number of benzene rings is 1. The molecule has 1 aliphatic carbocycles. The van der Waals surface area contributed by atoms with Crippen LogP contribution in [0.2, 0.25) is 0 Å². The van der Waals surface area contributed by atoms with Crippen LogP contribution in [0.25, 0.3) is 0 Å². The van der Waals surface area contributed by atoms with Gasteiger partial charge in [-0.3, -0.25) is 0 Å². The molecule has 1 aromatic rings. The first-order valence-electron chi connectivity index (χ1n) is 9.21. The fraction of sp³-hybridized carbons (Fsp3) is 0.650. The van der Waals surface area contributed by atoms with E-state index in [2.05, 4.69) is 6.92 Å². The number of nitrogens with zero attached hydrogens (tertiary/aromatic N) is 1. The third-order valence-electron chi connectivity index (χ3n) is 4.45. The minimum Gasteiger partial charge on any atom is -0.445 e. The molecule has 3 atom stereocenters. The number of hydrogen-bond donors (Lipinski definition) is 0. The molecule has 0 bridgehead atoms. The van der Waals surface area contributed by atoms with Crippen molar-refractivity contribution in [2.45, 2.75) is 71.0 Å². The second-order valence-corrected chi connectivity index (χ2v) is 6.91. The molecule has 1 fully saturated rings. The van der Waals surface area contributed by atoms with Crippen molar-refractivity contribution in [1.29, 1.82) is 0 Å². The summed E-state index contributed by atoms with van der Waals surface area (Å²) in [5, 5.41) is 0. The summed E-state index contributed by atoms with van der Waals surface area (Å²) in [6.07, 6.45) is 2.46. The van der Waals surface area contributed by atoms with Gasteiger partial charge in [0, 0.05) is 19.7 Å². The van der Waals surface area contributed by atoms with Gasteiger partial charge in [0.15, 0.2) is 0 Å². The molecule has 0 N–H and O–H groups in total. The molecule has 0 radical (unpaired) electrons. The Balaban J connectivity index is 1.88. The van der Waals surface area contributed by atoms with E-state index in [0.29, 0.717) is 6.61 Å². The Kier molecular flexibility index (Phi) is 7.72. The van der Waals surface area contributed by atoms with Gasteiger partial charge in [-0.25, -0.2) is 4.79 Å². The van der Waals surface area contributed by atoms with Crippen molar-refractivity contribution in [2.75, 3.05) is 13.7 Å². The molecule has 0 saturated heterocycles. The van der Waals surface area contributed by atoms with E-state index < -0.39 is 0 Å². The lowest BCUT2D eigenvalue weighted by atomic mass is 10.2. The van der Waals surface area contributed by atoms with Crippen molar-refractivity contribution in [3.63, 3.8) is 0 Å². The van der Waals surface area contributed by atoms with Crippen molar-refractivity contribution in [1.82, 2.24) is 4.90 Å². The van der Waals surface area contributed by atoms with E-state index in [1.54, 1.807) is 11.9 Å². The van der Waals surface area contributed by atoms with Crippen LogP contribution in [0, 0.1) is 0 Å². The van der Waals surface area contributed by atoms with Crippen LogP contribution in [0.3, 0.4) is 0 Å². The predicted molar refractivity (Wildman–Crippen MR) is 97.5 cm³/mol. The summed E-state index contributed by atoms with van der Waals surface area (Å²) in [7, 11) is 1.80. The maximum absolute atomic E-state index is 12.4. The molecule has 3 unspecified atom stereocenters. The fourth-order valence-corrected chi connectivity index (χ4v) is 3.16. The maximum atomic E-state index is 12.4. The molecule has 0 aliphatic heterocycles. The van der Waals surface area contributed by atoms with Gasteiger partial charge in [-0.15, -0.1) is 0 Å². The van der Waals surface area contributed by atoms with E-state index in [4.69, 9.17) is 14.2 Å². The highest BCUT2D eigenvalue weighted by Gasteiger charge is 2.39. The molecule has 0 aromatic heterocycles. The van der Waals surface area contributed by atoms with Crippen LogP contribution < -0.4 is 0 Å². The van der Waals surface area contributed by atoms with E-state index in [-0.39, 0.29) is 30.4 Å². The van der Waals surface area contributed by atoms with Gasteiger partial charge in [0.05, 0.1) is 18.3 Å². The third kappa shape index (κ3) is 6.01. The Hall–Kier alpha value is -1.59. The highest BCUT2D eigenvalue weighted by atomic mass is 16.6. The van der Waals surface area contributed by atoms with Crippen molar-refractivity contribution >= 4 is 6.09 Å². The summed E-state index contributed by atoms with van der Waals surface area (Å²) in [5.41, 5.74) is 0.987. The smallest absolute Gasteiger partial charge is 0.410 e. The van der Waals surface area contributed by atoms with Crippen molar-refractivity contribution in [3.05, 3.63) is 35.9 Å². The first-order chi connectivity index (χ1) is 12.0. The lowest BCUT2D eigenvalue weighted by Gasteiger charge is -2.24.